The van der Waals surface area contributed by atoms with Gasteiger partial charge >= 0.3 is 0 Å². The van der Waals surface area contributed by atoms with Crippen LogP contribution in [0.15, 0.2) is 23.8 Å². The molecule has 0 saturated heterocycles. The lowest BCUT2D eigenvalue weighted by molar-refractivity contribution is 0.439. The molecular formula is C15H24. The maximum atomic E-state index is 4.31. The van der Waals surface area contributed by atoms with E-state index in [9.17, 15) is 0 Å². The Balaban J connectivity index is 2.26. The molecule has 2 aliphatic rings. The summed E-state index contributed by atoms with van der Waals surface area (Å²) in [6.07, 6.45) is 7.88. The van der Waals surface area contributed by atoms with E-state index in [1.165, 1.54) is 31.3 Å². The van der Waals surface area contributed by atoms with Crippen molar-refractivity contribution in [1.29, 1.82) is 0 Å². The first kappa shape index (κ1) is 11.0. The summed E-state index contributed by atoms with van der Waals surface area (Å²) in [7, 11) is 0. The molecule has 3 atom stereocenters. The van der Waals surface area contributed by atoms with Gasteiger partial charge in [-0.3, -0.25) is 0 Å². The van der Waals surface area contributed by atoms with E-state index < -0.39 is 0 Å². The molecule has 0 heteroatoms. The topological polar surface area (TPSA) is 0 Å². The molecule has 0 radical (unpaired) electrons. The van der Waals surface area contributed by atoms with Gasteiger partial charge in [-0.15, -0.1) is 0 Å². The van der Waals surface area contributed by atoms with Gasteiger partial charge in [-0.25, -0.2) is 0 Å². The van der Waals surface area contributed by atoms with Gasteiger partial charge in [0.15, 0.2) is 0 Å². The third kappa shape index (κ3) is 2.04. The number of rotatable bonds is 1. The van der Waals surface area contributed by atoms with Crippen LogP contribution >= 0.6 is 0 Å². The number of allylic oxidation sites excluding steroid dienone is 3. The molecule has 0 aromatic carbocycles. The van der Waals surface area contributed by atoms with Crippen molar-refractivity contribution in [2.45, 2.75) is 46.5 Å². The van der Waals surface area contributed by atoms with Crippen molar-refractivity contribution < 1.29 is 0 Å². The van der Waals surface area contributed by atoms with Crippen LogP contribution in [0.4, 0.5) is 0 Å². The fourth-order valence-electron chi connectivity index (χ4n) is 3.28. The van der Waals surface area contributed by atoms with Crippen molar-refractivity contribution in [2.24, 2.45) is 23.7 Å². The van der Waals surface area contributed by atoms with E-state index in [0.29, 0.717) is 0 Å². The minimum Gasteiger partial charge on any atom is -0.0995 e. The van der Waals surface area contributed by atoms with Gasteiger partial charge < -0.3 is 0 Å². The van der Waals surface area contributed by atoms with Crippen molar-refractivity contribution in [3.63, 3.8) is 0 Å². The Labute approximate surface area is 94.5 Å². The van der Waals surface area contributed by atoms with Crippen molar-refractivity contribution in [3.8, 4) is 0 Å². The van der Waals surface area contributed by atoms with Gasteiger partial charge in [-0.1, -0.05) is 44.6 Å². The summed E-state index contributed by atoms with van der Waals surface area (Å²) in [5.41, 5.74) is 3.20. The minimum absolute atomic E-state index is 0.726. The van der Waals surface area contributed by atoms with Crippen LogP contribution in [-0.2, 0) is 0 Å². The van der Waals surface area contributed by atoms with Gasteiger partial charge in [0.2, 0.25) is 0 Å². The van der Waals surface area contributed by atoms with E-state index in [4.69, 9.17) is 0 Å². The van der Waals surface area contributed by atoms with Crippen LogP contribution in [0, 0.1) is 23.7 Å². The maximum Gasteiger partial charge on any atom is -0.0139 e. The lowest BCUT2D eigenvalue weighted by atomic mass is 9.85. The summed E-state index contributed by atoms with van der Waals surface area (Å²) in [4.78, 5) is 0. The molecule has 0 spiro atoms. The highest BCUT2D eigenvalue weighted by Gasteiger charge is 2.35. The fourth-order valence-corrected chi connectivity index (χ4v) is 3.28. The van der Waals surface area contributed by atoms with Crippen molar-refractivity contribution in [1.82, 2.24) is 0 Å². The molecule has 0 heterocycles. The van der Waals surface area contributed by atoms with E-state index in [-0.39, 0.29) is 0 Å². The Morgan fingerprint density at radius 1 is 1.27 bits per heavy atom. The van der Waals surface area contributed by atoms with Crippen LogP contribution in [0.1, 0.15) is 46.5 Å². The number of fused-ring (bicyclic) bond motifs is 1. The molecule has 1 fully saturated rings. The average molecular weight is 204 g/mol. The largest absolute Gasteiger partial charge is 0.0995 e. The van der Waals surface area contributed by atoms with E-state index >= 15 is 0 Å². The van der Waals surface area contributed by atoms with Crippen LogP contribution in [0.3, 0.4) is 0 Å². The highest BCUT2D eigenvalue weighted by Crippen LogP contribution is 2.46. The SMILES string of the molecule is C=C1CCC(C(C)C)=C[C@H]2[C@@H](C)CC[C@@H]12. The van der Waals surface area contributed by atoms with Gasteiger partial charge in [0.05, 0.1) is 0 Å². The number of hydrogen-bond acceptors (Lipinski definition) is 0. The smallest absolute Gasteiger partial charge is 0.0139 e. The first-order valence-electron chi connectivity index (χ1n) is 6.48. The van der Waals surface area contributed by atoms with E-state index in [0.717, 1.165) is 23.7 Å². The molecule has 0 N–H and O–H groups in total. The van der Waals surface area contributed by atoms with Crippen LogP contribution in [0.2, 0.25) is 0 Å². The predicted molar refractivity (Wildman–Crippen MR) is 66.7 cm³/mol. The Morgan fingerprint density at radius 3 is 2.67 bits per heavy atom. The van der Waals surface area contributed by atoms with E-state index in [1.54, 1.807) is 5.57 Å². The molecular weight excluding hydrogens is 180 g/mol. The second kappa shape index (κ2) is 4.15. The summed E-state index contributed by atoms with van der Waals surface area (Å²) in [5, 5.41) is 0. The molecule has 0 aromatic heterocycles. The second-order valence-corrected chi connectivity index (χ2v) is 5.79. The maximum absolute atomic E-state index is 4.31. The molecule has 0 bridgehead atoms. The normalized spacial score (nSPS) is 36.4. The molecule has 1 saturated carbocycles. The Hall–Kier alpha value is -0.520. The predicted octanol–water partition coefficient (Wildman–Crippen LogP) is 4.58. The fraction of sp³-hybridized carbons (Fsp3) is 0.733. The molecule has 2 aliphatic carbocycles. The molecule has 84 valence electrons. The Morgan fingerprint density at radius 2 is 2.00 bits per heavy atom. The van der Waals surface area contributed by atoms with Gasteiger partial charge in [0.25, 0.3) is 0 Å². The summed E-state index contributed by atoms with van der Waals surface area (Å²) >= 11 is 0. The van der Waals surface area contributed by atoms with Gasteiger partial charge in [0.1, 0.15) is 0 Å². The lowest BCUT2D eigenvalue weighted by Crippen LogP contribution is -2.11. The average Bonchev–Trinajstić information content (AvgIpc) is 2.43. The van der Waals surface area contributed by atoms with Crippen LogP contribution in [0.5, 0.6) is 0 Å². The minimum atomic E-state index is 0.726. The molecule has 0 aromatic rings. The van der Waals surface area contributed by atoms with Gasteiger partial charge in [-0.2, -0.15) is 0 Å². The van der Waals surface area contributed by atoms with Gasteiger partial charge in [0, 0.05) is 0 Å². The zero-order valence-corrected chi connectivity index (χ0v) is 10.4. The molecule has 0 aliphatic heterocycles. The van der Waals surface area contributed by atoms with Crippen LogP contribution in [-0.4, -0.2) is 0 Å². The summed E-state index contributed by atoms with van der Waals surface area (Å²) in [5.74, 6) is 3.21. The Bertz CT molecular complexity index is 282. The second-order valence-electron chi connectivity index (χ2n) is 5.79. The zero-order valence-electron chi connectivity index (χ0n) is 10.4. The van der Waals surface area contributed by atoms with E-state index in [1.807, 2.05) is 0 Å². The molecule has 15 heavy (non-hydrogen) atoms. The zero-order chi connectivity index (χ0) is 11.0. The summed E-state index contributed by atoms with van der Waals surface area (Å²) in [6, 6.07) is 0. The highest BCUT2D eigenvalue weighted by atomic mass is 14.4. The summed E-state index contributed by atoms with van der Waals surface area (Å²) in [6.45, 7) is 11.4. The molecule has 0 unspecified atom stereocenters. The van der Waals surface area contributed by atoms with Crippen molar-refractivity contribution in [3.05, 3.63) is 23.8 Å². The number of hydrogen-bond donors (Lipinski definition) is 0. The monoisotopic (exact) mass is 204 g/mol. The first-order chi connectivity index (χ1) is 7.09. The first-order valence-corrected chi connectivity index (χ1v) is 6.48. The van der Waals surface area contributed by atoms with E-state index in [2.05, 4.69) is 33.4 Å². The third-order valence-electron chi connectivity index (χ3n) is 4.46. The van der Waals surface area contributed by atoms with Crippen LogP contribution in [0.25, 0.3) is 0 Å². The third-order valence-corrected chi connectivity index (χ3v) is 4.46. The van der Waals surface area contributed by atoms with Crippen LogP contribution < -0.4 is 0 Å². The molecule has 2 rings (SSSR count). The summed E-state index contributed by atoms with van der Waals surface area (Å²) < 4.78 is 0. The quantitative estimate of drug-likeness (QED) is 0.548. The Kier molecular flexibility index (Phi) is 3.04. The molecule has 0 amide bonds. The highest BCUT2D eigenvalue weighted by molar-refractivity contribution is 5.21. The van der Waals surface area contributed by atoms with Crippen molar-refractivity contribution >= 4 is 0 Å². The molecule has 0 nitrogen and oxygen atoms in total. The van der Waals surface area contributed by atoms with Crippen molar-refractivity contribution in [2.75, 3.05) is 0 Å². The van der Waals surface area contributed by atoms with Gasteiger partial charge in [-0.05, 0) is 49.4 Å². The standard InChI is InChI=1S/C15H24/c1-10(2)13-7-5-11(3)14-8-6-12(4)15(14)9-13/h9-10,12,14-15H,3,5-8H2,1-2,4H3/t12-,14-,15-/m0/s1. The lowest BCUT2D eigenvalue weighted by Gasteiger charge is -2.19.